The van der Waals surface area contributed by atoms with E-state index < -0.39 is 11.5 Å². The summed E-state index contributed by atoms with van der Waals surface area (Å²) in [6.07, 6.45) is 0. The Hall–Kier alpha value is -2.70. The summed E-state index contributed by atoms with van der Waals surface area (Å²) in [5.41, 5.74) is 1.63. The summed E-state index contributed by atoms with van der Waals surface area (Å²) in [5.74, 6) is 0.0888. The number of nitro benzene ring substituents is 1. The monoisotopic (exact) mass is 294 g/mol. The molecule has 1 N–H and O–H groups in total. The van der Waals surface area contributed by atoms with Gasteiger partial charge in [-0.3, -0.25) is 10.1 Å². The highest BCUT2D eigenvalue weighted by atomic mass is 19.3. The highest BCUT2D eigenvalue weighted by Gasteiger charge is 2.05. The Morgan fingerprint density at radius 3 is 2.24 bits per heavy atom. The summed E-state index contributed by atoms with van der Waals surface area (Å²) in [6, 6.07) is 12.3. The van der Waals surface area contributed by atoms with Crippen LogP contribution in [0.2, 0.25) is 0 Å². The fraction of sp³-hybridized carbons (Fsp3) is 0.143. The maximum absolute atomic E-state index is 12.0. The molecule has 2 rings (SSSR count). The van der Waals surface area contributed by atoms with Crippen LogP contribution in [0.1, 0.15) is 5.56 Å². The Balaban J connectivity index is 1.91. The van der Waals surface area contributed by atoms with E-state index in [-0.39, 0.29) is 11.4 Å². The van der Waals surface area contributed by atoms with Crippen molar-refractivity contribution >= 4 is 11.4 Å². The molecule has 110 valence electrons. The summed E-state index contributed by atoms with van der Waals surface area (Å²) < 4.78 is 28.2. The lowest BCUT2D eigenvalue weighted by Crippen LogP contribution is -2.02. The van der Waals surface area contributed by atoms with Gasteiger partial charge in [0.05, 0.1) is 4.92 Å². The predicted octanol–water partition coefficient (Wildman–Crippen LogP) is 3.81. The molecule has 2 aromatic carbocycles. The Kier molecular flexibility index (Phi) is 4.65. The lowest BCUT2D eigenvalue weighted by molar-refractivity contribution is -0.384. The molecule has 0 spiro atoms. The van der Waals surface area contributed by atoms with Crippen LogP contribution in [0, 0.1) is 10.1 Å². The summed E-state index contributed by atoms with van der Waals surface area (Å²) >= 11 is 0. The molecule has 0 radical (unpaired) electrons. The first-order chi connectivity index (χ1) is 10.0. The SMILES string of the molecule is O=[N+]([O-])c1ccc(CNc2ccc(OC(F)F)cc2)cc1. The van der Waals surface area contributed by atoms with Gasteiger partial charge in [-0.05, 0) is 29.8 Å². The first-order valence-electron chi connectivity index (χ1n) is 6.06. The molecule has 0 fully saturated rings. The van der Waals surface area contributed by atoms with E-state index in [9.17, 15) is 18.9 Å². The molecule has 0 saturated carbocycles. The van der Waals surface area contributed by atoms with Crippen LogP contribution in [0.3, 0.4) is 0 Å². The molecule has 0 unspecified atom stereocenters. The second-order valence-corrected chi connectivity index (χ2v) is 4.18. The van der Waals surface area contributed by atoms with Crippen LogP contribution in [0.5, 0.6) is 5.75 Å². The second kappa shape index (κ2) is 6.65. The molecule has 0 atom stereocenters. The number of benzene rings is 2. The van der Waals surface area contributed by atoms with Crippen molar-refractivity contribution in [2.75, 3.05) is 5.32 Å². The van der Waals surface area contributed by atoms with Crippen molar-refractivity contribution in [1.29, 1.82) is 0 Å². The predicted molar refractivity (Wildman–Crippen MR) is 73.5 cm³/mol. The number of ether oxygens (including phenoxy) is 1. The minimum atomic E-state index is -2.84. The zero-order valence-electron chi connectivity index (χ0n) is 10.8. The number of nitro groups is 1. The van der Waals surface area contributed by atoms with Crippen molar-refractivity contribution < 1.29 is 18.4 Å². The molecule has 5 nitrogen and oxygen atoms in total. The number of nitrogens with one attached hydrogen (secondary N) is 1. The molecule has 0 aliphatic rings. The molecule has 0 aliphatic carbocycles. The minimum absolute atomic E-state index is 0.0345. The van der Waals surface area contributed by atoms with Gasteiger partial charge >= 0.3 is 6.61 Å². The Morgan fingerprint density at radius 1 is 1.10 bits per heavy atom. The fourth-order valence-corrected chi connectivity index (χ4v) is 1.69. The topological polar surface area (TPSA) is 64.4 Å². The van der Waals surface area contributed by atoms with Crippen LogP contribution in [-0.4, -0.2) is 11.5 Å². The smallest absolute Gasteiger partial charge is 0.387 e. The number of nitrogens with zero attached hydrogens (tertiary/aromatic N) is 1. The van der Waals surface area contributed by atoms with Crippen molar-refractivity contribution in [2.45, 2.75) is 13.2 Å². The maximum atomic E-state index is 12.0. The van der Waals surface area contributed by atoms with Crippen LogP contribution in [0.15, 0.2) is 48.5 Å². The van der Waals surface area contributed by atoms with Crippen LogP contribution in [-0.2, 0) is 6.54 Å². The van der Waals surface area contributed by atoms with Gasteiger partial charge in [0.15, 0.2) is 0 Å². The molecule has 0 amide bonds. The van der Waals surface area contributed by atoms with Crippen molar-refractivity contribution in [3.05, 3.63) is 64.2 Å². The maximum Gasteiger partial charge on any atom is 0.387 e. The third kappa shape index (κ3) is 4.41. The highest BCUT2D eigenvalue weighted by molar-refractivity contribution is 5.47. The zero-order chi connectivity index (χ0) is 15.2. The van der Waals surface area contributed by atoms with Gasteiger partial charge in [0, 0.05) is 24.4 Å². The van der Waals surface area contributed by atoms with E-state index in [0.29, 0.717) is 6.54 Å². The lowest BCUT2D eigenvalue weighted by atomic mass is 10.2. The standard InChI is InChI=1S/C14H12F2N2O3/c15-14(16)21-13-7-3-11(4-8-13)17-9-10-1-5-12(6-2-10)18(19)20/h1-8,14,17H,9H2. The normalized spacial score (nSPS) is 10.4. The van der Waals surface area contributed by atoms with Gasteiger partial charge < -0.3 is 10.1 Å². The summed E-state index contributed by atoms with van der Waals surface area (Å²) in [5, 5.41) is 13.6. The molecule has 0 saturated heterocycles. The van der Waals surface area contributed by atoms with E-state index in [1.54, 1.807) is 24.3 Å². The number of non-ortho nitro benzene ring substituents is 1. The first-order valence-corrected chi connectivity index (χ1v) is 6.06. The quantitative estimate of drug-likeness (QED) is 0.650. The molecule has 21 heavy (non-hydrogen) atoms. The summed E-state index contributed by atoms with van der Waals surface area (Å²) in [4.78, 5) is 10.1. The van der Waals surface area contributed by atoms with Crippen molar-refractivity contribution in [3.63, 3.8) is 0 Å². The van der Waals surface area contributed by atoms with Crippen LogP contribution in [0.4, 0.5) is 20.2 Å². The fourth-order valence-electron chi connectivity index (χ4n) is 1.69. The van der Waals surface area contributed by atoms with Gasteiger partial charge in [-0.25, -0.2) is 0 Å². The van der Waals surface area contributed by atoms with Crippen molar-refractivity contribution in [1.82, 2.24) is 0 Å². The van der Waals surface area contributed by atoms with E-state index >= 15 is 0 Å². The van der Waals surface area contributed by atoms with Crippen LogP contribution in [0.25, 0.3) is 0 Å². The largest absolute Gasteiger partial charge is 0.435 e. The van der Waals surface area contributed by atoms with Gasteiger partial charge in [0.2, 0.25) is 0 Å². The van der Waals surface area contributed by atoms with Gasteiger partial charge in [-0.1, -0.05) is 12.1 Å². The highest BCUT2D eigenvalue weighted by Crippen LogP contribution is 2.19. The molecule has 0 aromatic heterocycles. The Bertz CT molecular complexity index is 601. The molecule has 2 aromatic rings. The number of rotatable bonds is 6. The molecular weight excluding hydrogens is 282 g/mol. The average Bonchev–Trinajstić information content (AvgIpc) is 2.46. The first kappa shape index (κ1) is 14.7. The number of hydrogen-bond donors (Lipinski definition) is 1. The third-order valence-corrected chi connectivity index (χ3v) is 2.72. The number of alkyl halides is 2. The van der Waals surface area contributed by atoms with Gasteiger partial charge in [-0.15, -0.1) is 0 Å². The number of anilines is 1. The molecule has 0 heterocycles. The van der Waals surface area contributed by atoms with Gasteiger partial charge in [-0.2, -0.15) is 8.78 Å². The van der Waals surface area contributed by atoms with Crippen molar-refractivity contribution in [2.24, 2.45) is 0 Å². The third-order valence-electron chi connectivity index (χ3n) is 2.72. The minimum Gasteiger partial charge on any atom is -0.435 e. The average molecular weight is 294 g/mol. The van der Waals surface area contributed by atoms with E-state index in [1.165, 1.54) is 24.3 Å². The van der Waals surface area contributed by atoms with Crippen LogP contribution >= 0.6 is 0 Å². The van der Waals surface area contributed by atoms with Crippen molar-refractivity contribution in [3.8, 4) is 5.75 Å². The molecule has 0 bridgehead atoms. The summed E-state index contributed by atoms with van der Waals surface area (Å²) in [7, 11) is 0. The number of halogens is 2. The summed E-state index contributed by atoms with van der Waals surface area (Å²) in [6.45, 7) is -2.38. The second-order valence-electron chi connectivity index (χ2n) is 4.18. The van der Waals surface area contributed by atoms with E-state index in [0.717, 1.165) is 11.3 Å². The van der Waals surface area contributed by atoms with E-state index in [1.807, 2.05) is 0 Å². The lowest BCUT2D eigenvalue weighted by Gasteiger charge is -2.08. The van der Waals surface area contributed by atoms with E-state index in [2.05, 4.69) is 10.1 Å². The van der Waals surface area contributed by atoms with Gasteiger partial charge in [0.1, 0.15) is 5.75 Å². The molecule has 0 aliphatic heterocycles. The van der Waals surface area contributed by atoms with E-state index in [4.69, 9.17) is 0 Å². The molecular formula is C14H12F2N2O3. The number of hydrogen-bond acceptors (Lipinski definition) is 4. The zero-order valence-corrected chi connectivity index (χ0v) is 10.8. The Morgan fingerprint density at radius 2 is 1.71 bits per heavy atom. The van der Waals surface area contributed by atoms with Gasteiger partial charge in [0.25, 0.3) is 5.69 Å². The van der Waals surface area contributed by atoms with Crippen LogP contribution < -0.4 is 10.1 Å². The Labute approximate surface area is 119 Å². The molecule has 7 heteroatoms.